The van der Waals surface area contributed by atoms with Gasteiger partial charge in [-0.2, -0.15) is 5.26 Å². The Morgan fingerprint density at radius 1 is 1.21 bits per heavy atom. The summed E-state index contributed by atoms with van der Waals surface area (Å²) in [6.07, 6.45) is 1.55. The molecule has 0 amide bonds. The minimum Gasteiger partial charge on any atom is -0.494 e. The molecule has 10 heteroatoms. The van der Waals surface area contributed by atoms with Crippen LogP contribution >= 0.6 is 0 Å². The highest BCUT2D eigenvalue weighted by atomic mass is 16.5. The summed E-state index contributed by atoms with van der Waals surface area (Å²) in [5, 5.41) is 14.2. The van der Waals surface area contributed by atoms with Gasteiger partial charge in [-0.15, -0.1) is 0 Å². The Balaban J connectivity index is 1.55. The summed E-state index contributed by atoms with van der Waals surface area (Å²) in [4.78, 5) is 13.5. The van der Waals surface area contributed by atoms with Gasteiger partial charge in [-0.05, 0) is 26.2 Å². The summed E-state index contributed by atoms with van der Waals surface area (Å²) in [5.74, 6) is 0.951. The minimum atomic E-state index is 0.339. The van der Waals surface area contributed by atoms with Crippen molar-refractivity contribution in [1.29, 1.82) is 5.26 Å². The molecule has 2 aromatic carbocycles. The van der Waals surface area contributed by atoms with Crippen LogP contribution in [0.1, 0.15) is 11.3 Å². The van der Waals surface area contributed by atoms with Gasteiger partial charge < -0.3 is 34.9 Å². The Bertz CT molecular complexity index is 1520. The van der Waals surface area contributed by atoms with Crippen LogP contribution in [0.3, 0.4) is 0 Å². The molecular weight excluding hydrogens is 480 g/mol. The molecule has 4 aromatic rings. The van der Waals surface area contributed by atoms with E-state index >= 15 is 0 Å². The van der Waals surface area contributed by atoms with Gasteiger partial charge in [0.25, 0.3) is 0 Å². The minimum absolute atomic E-state index is 0.339. The number of aromatic nitrogens is 3. The number of rotatable bonds is 8. The zero-order valence-electron chi connectivity index (χ0n) is 22.2. The predicted octanol–water partition coefficient (Wildman–Crippen LogP) is 3.83. The fourth-order valence-corrected chi connectivity index (χ4v) is 4.84. The number of nitrogens with zero attached hydrogens (tertiary/aromatic N) is 6. The van der Waals surface area contributed by atoms with E-state index in [1.54, 1.807) is 13.3 Å². The second-order valence-electron chi connectivity index (χ2n) is 9.57. The van der Waals surface area contributed by atoms with Gasteiger partial charge >= 0.3 is 0 Å². The van der Waals surface area contributed by atoms with Gasteiger partial charge in [0.05, 0.1) is 60.5 Å². The molecule has 1 aliphatic rings. The first-order valence-corrected chi connectivity index (χ1v) is 12.5. The molecule has 3 N–H and O–H groups in total. The number of anilines is 4. The highest BCUT2D eigenvalue weighted by Gasteiger charge is 2.24. The van der Waals surface area contributed by atoms with E-state index in [4.69, 9.17) is 20.2 Å². The van der Waals surface area contributed by atoms with E-state index in [9.17, 15) is 5.26 Å². The molecule has 0 fully saturated rings. The zero-order valence-corrected chi connectivity index (χ0v) is 22.2. The summed E-state index contributed by atoms with van der Waals surface area (Å²) in [6.45, 7) is 3.56. The smallest absolute Gasteiger partial charge is 0.227 e. The van der Waals surface area contributed by atoms with Crippen molar-refractivity contribution in [1.82, 2.24) is 19.4 Å². The molecule has 2 aromatic heterocycles. The lowest BCUT2D eigenvalue weighted by Crippen LogP contribution is -2.29. The van der Waals surface area contributed by atoms with Gasteiger partial charge in [0, 0.05) is 49.2 Å². The molecule has 0 bridgehead atoms. The third-order valence-corrected chi connectivity index (χ3v) is 6.81. The van der Waals surface area contributed by atoms with Crippen LogP contribution in [0.4, 0.5) is 23.0 Å². The molecule has 38 heavy (non-hydrogen) atoms. The monoisotopic (exact) mass is 512 g/mol. The highest BCUT2D eigenvalue weighted by Crippen LogP contribution is 2.39. The fraction of sp³-hybridized carbons (Fsp3) is 0.321. The third kappa shape index (κ3) is 4.69. The number of nitrogens with one attached hydrogen (secondary N) is 1. The lowest BCUT2D eigenvalue weighted by molar-refractivity contribution is 0.0869. The molecule has 10 nitrogen and oxygen atoms in total. The van der Waals surface area contributed by atoms with Crippen LogP contribution < -0.4 is 20.7 Å². The lowest BCUT2D eigenvalue weighted by Gasteiger charge is -2.24. The largest absolute Gasteiger partial charge is 0.494 e. The first-order chi connectivity index (χ1) is 18.4. The van der Waals surface area contributed by atoms with Crippen molar-refractivity contribution < 1.29 is 9.47 Å². The summed E-state index contributed by atoms with van der Waals surface area (Å²) >= 11 is 0. The summed E-state index contributed by atoms with van der Waals surface area (Å²) in [7, 11) is 7.70. The SMILES string of the molecule is COc1cc(N(C)CCN(C)C)c(N)cc1Nc1ncc(C#N)c(-c2c3n(c4ccccc24)CCOC3)n1. The molecule has 0 atom stereocenters. The van der Waals surface area contributed by atoms with Crippen molar-refractivity contribution in [3.05, 3.63) is 53.9 Å². The van der Waals surface area contributed by atoms with Gasteiger partial charge in [0.1, 0.15) is 11.8 Å². The summed E-state index contributed by atoms with van der Waals surface area (Å²) < 4.78 is 13.7. The third-order valence-electron chi connectivity index (χ3n) is 6.81. The van der Waals surface area contributed by atoms with Crippen LogP contribution in [-0.4, -0.2) is 67.4 Å². The van der Waals surface area contributed by atoms with Gasteiger partial charge in [-0.25, -0.2) is 9.97 Å². The van der Waals surface area contributed by atoms with Crippen molar-refractivity contribution in [2.75, 3.05) is 63.9 Å². The van der Waals surface area contributed by atoms with Crippen LogP contribution in [0.5, 0.6) is 5.75 Å². The zero-order chi connectivity index (χ0) is 26.8. The Kier molecular flexibility index (Phi) is 7.05. The van der Waals surface area contributed by atoms with Crippen LogP contribution in [0.15, 0.2) is 42.6 Å². The Hall–Kier alpha value is -4.33. The van der Waals surface area contributed by atoms with Gasteiger partial charge in [0.2, 0.25) is 5.95 Å². The molecule has 0 saturated carbocycles. The standard InChI is InChI=1S/C28H32N8O2/c1-34(2)9-10-35(3)23-14-25(37-4)21(13-20(23)30)32-28-31-16-18(15-29)27(33-28)26-19-7-5-6-8-22(19)36-11-12-38-17-24(26)36/h5-8,13-14,16H,9-12,17,30H2,1-4H3,(H,31,32,33). The van der Waals surface area contributed by atoms with Crippen LogP contribution in [-0.2, 0) is 17.9 Å². The second kappa shape index (κ2) is 10.6. The first-order valence-electron chi connectivity index (χ1n) is 12.5. The lowest BCUT2D eigenvalue weighted by atomic mass is 10.0. The van der Waals surface area contributed by atoms with Crippen LogP contribution in [0.25, 0.3) is 22.2 Å². The van der Waals surface area contributed by atoms with E-state index in [1.807, 2.05) is 45.4 Å². The molecular formula is C28H32N8O2. The molecule has 196 valence electrons. The number of para-hydroxylation sites is 1. The van der Waals surface area contributed by atoms with Crippen molar-refractivity contribution in [3.8, 4) is 23.1 Å². The Labute approximate surface area is 222 Å². The quantitative estimate of drug-likeness (QED) is 0.340. The number of benzene rings is 2. The van der Waals surface area contributed by atoms with E-state index in [1.165, 1.54) is 0 Å². The average Bonchev–Trinajstić information content (AvgIpc) is 3.26. The Morgan fingerprint density at radius 2 is 2.03 bits per heavy atom. The fourth-order valence-electron chi connectivity index (χ4n) is 4.84. The van der Waals surface area contributed by atoms with E-state index in [0.717, 1.165) is 47.5 Å². The highest BCUT2D eigenvalue weighted by molar-refractivity contribution is 5.98. The molecule has 0 spiro atoms. The van der Waals surface area contributed by atoms with E-state index in [2.05, 4.69) is 42.9 Å². The van der Waals surface area contributed by atoms with Crippen molar-refractivity contribution in [2.24, 2.45) is 0 Å². The number of likely N-dealkylation sites (N-methyl/N-ethyl adjacent to an activating group) is 2. The van der Waals surface area contributed by atoms with Crippen molar-refractivity contribution in [3.63, 3.8) is 0 Å². The maximum absolute atomic E-state index is 9.92. The van der Waals surface area contributed by atoms with Crippen LogP contribution in [0.2, 0.25) is 0 Å². The van der Waals surface area contributed by atoms with Crippen molar-refractivity contribution >= 4 is 33.9 Å². The molecule has 0 saturated heterocycles. The average molecular weight is 513 g/mol. The number of ether oxygens (including phenoxy) is 2. The number of methoxy groups -OCH3 is 1. The summed E-state index contributed by atoms with van der Waals surface area (Å²) in [6, 6.07) is 14.2. The normalized spacial score (nSPS) is 12.8. The van der Waals surface area contributed by atoms with E-state index in [-0.39, 0.29) is 0 Å². The summed E-state index contributed by atoms with van der Waals surface area (Å²) in [5.41, 5.74) is 12.5. The van der Waals surface area contributed by atoms with Gasteiger partial charge in [-0.3, -0.25) is 0 Å². The number of hydrogen-bond acceptors (Lipinski definition) is 9. The van der Waals surface area contributed by atoms with Crippen molar-refractivity contribution in [2.45, 2.75) is 13.2 Å². The molecule has 0 radical (unpaired) electrons. The van der Waals surface area contributed by atoms with E-state index in [0.29, 0.717) is 47.5 Å². The number of fused-ring (bicyclic) bond motifs is 3. The van der Waals surface area contributed by atoms with Crippen LogP contribution in [0, 0.1) is 11.3 Å². The molecule has 0 unspecified atom stereocenters. The molecule has 0 aliphatic carbocycles. The topological polar surface area (TPSA) is 117 Å². The van der Waals surface area contributed by atoms with E-state index < -0.39 is 0 Å². The predicted molar refractivity (Wildman–Crippen MR) is 150 cm³/mol. The maximum atomic E-state index is 9.92. The maximum Gasteiger partial charge on any atom is 0.227 e. The first kappa shape index (κ1) is 25.3. The molecule has 5 rings (SSSR count). The Morgan fingerprint density at radius 3 is 2.79 bits per heavy atom. The van der Waals surface area contributed by atoms with Gasteiger partial charge in [-0.1, -0.05) is 18.2 Å². The molecule has 3 heterocycles. The second-order valence-corrected chi connectivity index (χ2v) is 9.57. The number of nitrogen functional groups attached to an aromatic ring is 1. The van der Waals surface area contributed by atoms with Gasteiger partial charge in [0.15, 0.2) is 0 Å². The number of nitrogens with two attached hydrogens (primary N) is 1. The number of nitriles is 1. The molecule has 1 aliphatic heterocycles. The number of hydrogen-bond donors (Lipinski definition) is 2.